The van der Waals surface area contributed by atoms with Crippen LogP contribution in [0.25, 0.3) is 0 Å². The Morgan fingerprint density at radius 3 is 2.48 bits per heavy atom. The Morgan fingerprint density at radius 1 is 1.24 bits per heavy atom. The molecule has 1 atom stereocenters. The molecule has 1 aromatic carbocycles. The van der Waals surface area contributed by atoms with Crippen LogP contribution in [0.5, 0.6) is 5.75 Å². The third kappa shape index (κ3) is 4.70. The number of methoxy groups -OCH3 is 1. The smallest absolute Gasteiger partial charge is 0.119 e. The van der Waals surface area contributed by atoms with Crippen LogP contribution in [-0.2, 0) is 4.74 Å². The monoisotopic (exact) mass is 292 g/mol. The molecule has 0 radical (unpaired) electrons. The van der Waals surface area contributed by atoms with E-state index in [0.717, 1.165) is 31.9 Å². The molecule has 1 aliphatic carbocycles. The van der Waals surface area contributed by atoms with Gasteiger partial charge in [0.25, 0.3) is 0 Å². The van der Waals surface area contributed by atoms with Gasteiger partial charge in [-0.15, -0.1) is 0 Å². The maximum absolute atomic E-state index is 6.05. The van der Waals surface area contributed by atoms with Crippen LogP contribution in [0.3, 0.4) is 0 Å². The minimum absolute atomic E-state index is 0.271. The van der Waals surface area contributed by atoms with Crippen LogP contribution in [0.2, 0.25) is 0 Å². The molecule has 2 N–H and O–H groups in total. The number of nitrogens with zero attached hydrogens (tertiary/aromatic N) is 1. The molecule has 4 heteroatoms. The van der Waals surface area contributed by atoms with Crippen LogP contribution >= 0.6 is 0 Å². The van der Waals surface area contributed by atoms with E-state index in [9.17, 15) is 0 Å². The molecule has 1 aliphatic rings. The highest BCUT2D eigenvalue weighted by atomic mass is 16.5. The molecule has 21 heavy (non-hydrogen) atoms. The number of benzene rings is 1. The lowest BCUT2D eigenvalue weighted by Crippen LogP contribution is -2.37. The molecular formula is C17H28N2O2. The highest BCUT2D eigenvalue weighted by Gasteiger charge is 2.33. The minimum Gasteiger partial charge on any atom is -0.494 e. The second-order valence-electron chi connectivity index (χ2n) is 5.63. The number of hydrogen-bond acceptors (Lipinski definition) is 4. The van der Waals surface area contributed by atoms with E-state index in [2.05, 4.69) is 36.1 Å². The van der Waals surface area contributed by atoms with Gasteiger partial charge in [0, 0.05) is 32.3 Å². The standard InChI is InChI=1S/C17H28N2O2/c1-3-11-21-16-8-4-14(5-9-16)17(13-18)19(10-12-20-2)15-6-7-15/h4-5,8-9,15,17H,3,6-7,10-13,18H2,1-2H3. The zero-order valence-electron chi connectivity index (χ0n) is 13.3. The Kier molecular flexibility index (Phi) is 6.49. The van der Waals surface area contributed by atoms with Crippen LogP contribution in [0, 0.1) is 0 Å². The van der Waals surface area contributed by atoms with Crippen molar-refractivity contribution in [2.24, 2.45) is 5.73 Å². The number of hydrogen-bond donors (Lipinski definition) is 1. The van der Waals surface area contributed by atoms with E-state index in [1.807, 2.05) is 0 Å². The number of ether oxygens (including phenoxy) is 2. The van der Waals surface area contributed by atoms with E-state index < -0.39 is 0 Å². The van der Waals surface area contributed by atoms with Gasteiger partial charge < -0.3 is 15.2 Å². The summed E-state index contributed by atoms with van der Waals surface area (Å²) in [6.07, 6.45) is 3.58. The van der Waals surface area contributed by atoms with Crippen LogP contribution < -0.4 is 10.5 Å². The normalized spacial score (nSPS) is 16.2. The predicted molar refractivity (Wildman–Crippen MR) is 85.6 cm³/mol. The highest BCUT2D eigenvalue weighted by Crippen LogP contribution is 2.34. The molecule has 0 aromatic heterocycles. The summed E-state index contributed by atoms with van der Waals surface area (Å²) < 4.78 is 10.9. The molecule has 0 spiro atoms. The van der Waals surface area contributed by atoms with Gasteiger partial charge in [0.2, 0.25) is 0 Å². The molecule has 1 fully saturated rings. The van der Waals surface area contributed by atoms with E-state index in [0.29, 0.717) is 12.6 Å². The highest BCUT2D eigenvalue weighted by molar-refractivity contribution is 5.29. The van der Waals surface area contributed by atoms with Gasteiger partial charge in [0.15, 0.2) is 0 Å². The van der Waals surface area contributed by atoms with Crippen molar-refractivity contribution in [3.05, 3.63) is 29.8 Å². The van der Waals surface area contributed by atoms with Gasteiger partial charge in [-0.25, -0.2) is 0 Å². The SMILES string of the molecule is CCCOc1ccc(C(CN)N(CCOC)C2CC2)cc1. The molecular weight excluding hydrogens is 264 g/mol. The van der Waals surface area contributed by atoms with Crippen LogP contribution in [0.15, 0.2) is 24.3 Å². The van der Waals surface area contributed by atoms with Crippen molar-refractivity contribution < 1.29 is 9.47 Å². The van der Waals surface area contributed by atoms with E-state index in [1.165, 1.54) is 18.4 Å². The van der Waals surface area contributed by atoms with Crippen LogP contribution in [0.1, 0.15) is 37.8 Å². The summed E-state index contributed by atoms with van der Waals surface area (Å²) in [6.45, 7) is 5.21. The van der Waals surface area contributed by atoms with E-state index in [1.54, 1.807) is 7.11 Å². The van der Waals surface area contributed by atoms with E-state index in [-0.39, 0.29) is 6.04 Å². The molecule has 2 rings (SSSR count). The molecule has 118 valence electrons. The average Bonchev–Trinajstić information content (AvgIpc) is 3.35. The van der Waals surface area contributed by atoms with Crippen LogP contribution in [0.4, 0.5) is 0 Å². The lowest BCUT2D eigenvalue weighted by Gasteiger charge is -2.31. The Labute approximate surface area is 128 Å². The van der Waals surface area contributed by atoms with Crippen molar-refractivity contribution in [1.29, 1.82) is 0 Å². The van der Waals surface area contributed by atoms with Crippen molar-refractivity contribution in [1.82, 2.24) is 4.90 Å². The first-order valence-electron chi connectivity index (χ1n) is 7.97. The van der Waals surface area contributed by atoms with Crippen LogP contribution in [-0.4, -0.2) is 44.4 Å². The molecule has 0 aliphatic heterocycles. The fraction of sp³-hybridized carbons (Fsp3) is 0.647. The fourth-order valence-electron chi connectivity index (χ4n) is 2.66. The third-order valence-corrected chi connectivity index (χ3v) is 3.93. The van der Waals surface area contributed by atoms with Gasteiger partial charge in [-0.2, -0.15) is 0 Å². The van der Waals surface area contributed by atoms with Crippen molar-refractivity contribution >= 4 is 0 Å². The Hall–Kier alpha value is -1.10. The number of nitrogens with two attached hydrogens (primary N) is 1. The molecule has 4 nitrogen and oxygen atoms in total. The minimum atomic E-state index is 0.271. The molecule has 0 bridgehead atoms. The first-order valence-corrected chi connectivity index (χ1v) is 7.97. The fourth-order valence-corrected chi connectivity index (χ4v) is 2.66. The van der Waals surface area contributed by atoms with E-state index in [4.69, 9.17) is 15.2 Å². The third-order valence-electron chi connectivity index (χ3n) is 3.93. The van der Waals surface area contributed by atoms with Gasteiger partial charge >= 0.3 is 0 Å². The summed E-state index contributed by atoms with van der Waals surface area (Å²) in [6, 6.07) is 9.33. The molecule has 0 heterocycles. The maximum Gasteiger partial charge on any atom is 0.119 e. The molecule has 1 aromatic rings. The average molecular weight is 292 g/mol. The predicted octanol–water partition coefficient (Wildman–Crippen LogP) is 2.59. The quantitative estimate of drug-likeness (QED) is 0.720. The zero-order valence-corrected chi connectivity index (χ0v) is 13.3. The zero-order chi connectivity index (χ0) is 15.1. The summed E-state index contributed by atoms with van der Waals surface area (Å²) in [7, 11) is 1.75. The lowest BCUT2D eigenvalue weighted by atomic mass is 10.0. The van der Waals surface area contributed by atoms with Crippen molar-refractivity contribution in [3.8, 4) is 5.75 Å². The van der Waals surface area contributed by atoms with Crippen molar-refractivity contribution in [2.75, 3.05) is 33.4 Å². The molecule has 0 amide bonds. The Bertz CT molecular complexity index is 404. The molecule has 0 saturated heterocycles. The number of rotatable bonds is 10. The van der Waals surface area contributed by atoms with Gasteiger partial charge in [-0.3, -0.25) is 4.90 Å². The summed E-state index contributed by atoms with van der Waals surface area (Å²) in [5, 5.41) is 0. The first kappa shape index (κ1) is 16.3. The topological polar surface area (TPSA) is 47.7 Å². The maximum atomic E-state index is 6.05. The second kappa shape index (κ2) is 8.37. The van der Waals surface area contributed by atoms with Gasteiger partial charge in [0.1, 0.15) is 5.75 Å². The van der Waals surface area contributed by atoms with Gasteiger partial charge in [-0.05, 0) is 37.0 Å². The summed E-state index contributed by atoms with van der Waals surface area (Å²) in [5.41, 5.74) is 7.32. The molecule has 1 saturated carbocycles. The Balaban J connectivity index is 2.04. The first-order chi connectivity index (χ1) is 10.3. The summed E-state index contributed by atoms with van der Waals surface area (Å²) in [4.78, 5) is 2.49. The summed E-state index contributed by atoms with van der Waals surface area (Å²) >= 11 is 0. The largest absolute Gasteiger partial charge is 0.494 e. The van der Waals surface area contributed by atoms with E-state index >= 15 is 0 Å². The van der Waals surface area contributed by atoms with Gasteiger partial charge in [0.05, 0.1) is 13.2 Å². The van der Waals surface area contributed by atoms with Gasteiger partial charge in [-0.1, -0.05) is 19.1 Å². The summed E-state index contributed by atoms with van der Waals surface area (Å²) in [5.74, 6) is 0.936. The second-order valence-corrected chi connectivity index (χ2v) is 5.63. The Morgan fingerprint density at radius 2 is 1.95 bits per heavy atom. The lowest BCUT2D eigenvalue weighted by molar-refractivity contribution is 0.115. The van der Waals surface area contributed by atoms with Crippen molar-refractivity contribution in [3.63, 3.8) is 0 Å². The van der Waals surface area contributed by atoms with Crippen molar-refractivity contribution in [2.45, 2.75) is 38.3 Å². The molecule has 1 unspecified atom stereocenters.